The first-order valence-electron chi connectivity index (χ1n) is 16.5. The van der Waals surface area contributed by atoms with E-state index in [1.54, 1.807) is 0 Å². The van der Waals surface area contributed by atoms with Crippen LogP contribution in [0.15, 0.2) is 121 Å². The summed E-state index contributed by atoms with van der Waals surface area (Å²) in [5.74, 6) is 0. The molecule has 9 rings (SSSR count). The van der Waals surface area contributed by atoms with Crippen LogP contribution in [0.2, 0.25) is 0 Å². The predicted molar refractivity (Wildman–Crippen MR) is 195 cm³/mol. The van der Waals surface area contributed by atoms with Crippen LogP contribution < -0.4 is 0 Å². The number of hydrogen-bond acceptors (Lipinski definition) is 2. The number of para-hydroxylation sites is 1. The number of allylic oxidation sites excluding steroid dienone is 2. The Labute approximate surface area is 279 Å². The van der Waals surface area contributed by atoms with Crippen LogP contribution >= 0.6 is 0 Å². The smallest absolute Gasteiger partial charge is 0.0998 e. The van der Waals surface area contributed by atoms with Crippen molar-refractivity contribution in [1.29, 1.82) is 10.5 Å². The summed E-state index contributed by atoms with van der Waals surface area (Å²) in [6, 6.07) is 42.8. The molecule has 48 heavy (non-hydrogen) atoms. The lowest BCUT2D eigenvalue weighted by Crippen LogP contribution is -2.03. The van der Waals surface area contributed by atoms with E-state index >= 15 is 0 Å². The van der Waals surface area contributed by atoms with E-state index in [9.17, 15) is 10.5 Å². The largest absolute Gasteiger partial charge is 0.310 e. The number of aromatic nitrogens is 2. The van der Waals surface area contributed by atoms with Gasteiger partial charge >= 0.3 is 0 Å². The molecule has 2 heterocycles. The van der Waals surface area contributed by atoms with Crippen LogP contribution in [0.25, 0.3) is 67.6 Å². The third-order valence-corrected chi connectivity index (χ3v) is 9.95. The maximum absolute atomic E-state index is 10.3. The van der Waals surface area contributed by atoms with Crippen molar-refractivity contribution >= 4 is 34.0 Å². The maximum Gasteiger partial charge on any atom is 0.0998 e. The van der Waals surface area contributed by atoms with Crippen LogP contribution in [0.1, 0.15) is 46.5 Å². The Bertz CT molecular complexity index is 2570. The summed E-state index contributed by atoms with van der Waals surface area (Å²) in [6.45, 7) is 0. The fourth-order valence-corrected chi connectivity index (χ4v) is 7.81. The second-order valence-corrected chi connectivity index (χ2v) is 12.6. The summed E-state index contributed by atoms with van der Waals surface area (Å²) >= 11 is 0. The van der Waals surface area contributed by atoms with Gasteiger partial charge in [0.25, 0.3) is 0 Å². The molecule has 4 heteroatoms. The van der Waals surface area contributed by atoms with E-state index in [0.717, 1.165) is 75.7 Å². The van der Waals surface area contributed by atoms with Crippen molar-refractivity contribution in [2.45, 2.75) is 25.7 Å². The van der Waals surface area contributed by atoms with Gasteiger partial charge in [-0.15, -0.1) is 0 Å². The molecular formula is C44H30N4. The first-order valence-corrected chi connectivity index (χ1v) is 16.5. The van der Waals surface area contributed by atoms with Gasteiger partial charge in [-0.05, 0) is 114 Å². The van der Waals surface area contributed by atoms with E-state index in [1.165, 1.54) is 27.9 Å². The third kappa shape index (κ3) is 4.28. The summed E-state index contributed by atoms with van der Waals surface area (Å²) in [5.41, 5.74) is 15.0. The zero-order valence-corrected chi connectivity index (χ0v) is 26.3. The molecule has 0 unspecified atom stereocenters. The number of nitrogens with zero attached hydrogens (tertiary/aromatic N) is 4. The molecule has 0 N–H and O–H groups in total. The highest BCUT2D eigenvalue weighted by molar-refractivity contribution is 5.94. The van der Waals surface area contributed by atoms with Gasteiger partial charge in [0.2, 0.25) is 0 Å². The van der Waals surface area contributed by atoms with Crippen molar-refractivity contribution in [3.05, 3.63) is 155 Å². The number of benzene rings is 5. The Morgan fingerprint density at radius 3 is 2.04 bits per heavy atom. The summed E-state index contributed by atoms with van der Waals surface area (Å²) < 4.78 is 4.66. The van der Waals surface area contributed by atoms with Gasteiger partial charge in [-0.25, -0.2) is 0 Å². The van der Waals surface area contributed by atoms with Gasteiger partial charge in [-0.3, -0.25) is 0 Å². The van der Waals surface area contributed by atoms with Gasteiger partial charge in [0, 0.05) is 33.4 Å². The van der Waals surface area contributed by atoms with E-state index in [-0.39, 0.29) is 0 Å². The van der Waals surface area contributed by atoms with Crippen LogP contribution in [-0.4, -0.2) is 9.13 Å². The van der Waals surface area contributed by atoms with Crippen LogP contribution in [0.3, 0.4) is 0 Å². The molecule has 2 aliphatic rings. The minimum Gasteiger partial charge on any atom is -0.310 e. The Morgan fingerprint density at radius 1 is 0.542 bits per heavy atom. The topological polar surface area (TPSA) is 57.4 Å². The van der Waals surface area contributed by atoms with Crippen molar-refractivity contribution in [1.82, 2.24) is 9.13 Å². The first kappa shape index (κ1) is 27.9. The van der Waals surface area contributed by atoms with Crippen LogP contribution in [0.4, 0.5) is 0 Å². The molecular weight excluding hydrogens is 585 g/mol. The normalized spacial score (nSPS) is 13.3. The molecule has 0 amide bonds. The zero-order chi connectivity index (χ0) is 32.2. The molecule has 0 fully saturated rings. The van der Waals surface area contributed by atoms with Crippen LogP contribution in [0, 0.1) is 22.7 Å². The van der Waals surface area contributed by atoms with E-state index in [1.807, 2.05) is 24.3 Å². The second kappa shape index (κ2) is 11.2. The lowest BCUT2D eigenvalue weighted by molar-refractivity contribution is 0.968. The van der Waals surface area contributed by atoms with Crippen LogP contribution in [0.5, 0.6) is 0 Å². The Hall–Kier alpha value is -6.36. The standard InChI is InChI=1S/C44H30N4/c45-27-29-19-24-42-38(25-29)37-14-3-4-15-39(37)47(42)34-11-7-9-32(26-34)30-20-22-31(23-21-30)44-33(28-46)10-8-18-43(44)48-40-16-5-1-12-35(40)36-13-2-6-17-41(36)48/h1,4-12,15-26H,2-3,13-14H2. The van der Waals surface area contributed by atoms with E-state index in [4.69, 9.17) is 0 Å². The maximum atomic E-state index is 10.3. The van der Waals surface area contributed by atoms with Crippen molar-refractivity contribution in [2.75, 3.05) is 0 Å². The number of fused-ring (bicyclic) bond motifs is 6. The minimum absolute atomic E-state index is 0.658. The average molecular weight is 615 g/mol. The highest BCUT2D eigenvalue weighted by Crippen LogP contribution is 2.40. The van der Waals surface area contributed by atoms with Gasteiger partial charge in [0.15, 0.2) is 0 Å². The lowest BCUT2D eigenvalue weighted by atomic mass is 9.95. The highest BCUT2D eigenvalue weighted by Gasteiger charge is 2.22. The molecule has 2 aromatic heterocycles. The minimum atomic E-state index is 0.658. The Kier molecular flexibility index (Phi) is 6.49. The number of aryl methyl sites for hydroxylation is 2. The van der Waals surface area contributed by atoms with Gasteiger partial charge in [0.05, 0.1) is 40.0 Å². The van der Waals surface area contributed by atoms with Gasteiger partial charge in [-0.1, -0.05) is 72.8 Å². The SMILES string of the molecule is N#Cc1ccc2c(c1)c1c(n2-c2cccc(-c3ccc(-c4c(C#N)cccc4-n4c5c(c6ccccc64)CCC=C5)cc3)c2)C=CCC1. The summed E-state index contributed by atoms with van der Waals surface area (Å²) in [4.78, 5) is 0. The van der Waals surface area contributed by atoms with Crippen molar-refractivity contribution in [3.8, 4) is 45.8 Å². The van der Waals surface area contributed by atoms with E-state index < -0.39 is 0 Å². The number of rotatable bonds is 4. The Morgan fingerprint density at radius 2 is 1.25 bits per heavy atom. The third-order valence-electron chi connectivity index (χ3n) is 9.95. The lowest BCUT2D eigenvalue weighted by Gasteiger charge is -2.18. The molecule has 5 aromatic carbocycles. The molecule has 0 saturated carbocycles. The van der Waals surface area contributed by atoms with Crippen molar-refractivity contribution in [2.24, 2.45) is 0 Å². The predicted octanol–water partition coefficient (Wildman–Crippen LogP) is 10.6. The zero-order valence-electron chi connectivity index (χ0n) is 26.3. The number of nitriles is 2. The molecule has 7 aromatic rings. The average Bonchev–Trinajstić information content (AvgIpc) is 3.67. The van der Waals surface area contributed by atoms with Crippen molar-refractivity contribution < 1.29 is 0 Å². The second-order valence-electron chi connectivity index (χ2n) is 12.6. The van der Waals surface area contributed by atoms with Gasteiger partial charge in [-0.2, -0.15) is 10.5 Å². The summed E-state index contributed by atoms with van der Waals surface area (Å²) in [6.07, 6.45) is 13.0. The highest BCUT2D eigenvalue weighted by atomic mass is 15.0. The van der Waals surface area contributed by atoms with E-state index in [0.29, 0.717) is 11.1 Å². The number of hydrogen-bond donors (Lipinski definition) is 0. The molecule has 0 spiro atoms. The molecule has 0 aliphatic heterocycles. The molecule has 2 aliphatic carbocycles. The quantitative estimate of drug-likeness (QED) is 0.198. The van der Waals surface area contributed by atoms with Gasteiger partial charge in [0.1, 0.15) is 0 Å². The molecule has 0 atom stereocenters. The molecule has 0 saturated heterocycles. The van der Waals surface area contributed by atoms with Crippen molar-refractivity contribution in [3.63, 3.8) is 0 Å². The fraction of sp³-hybridized carbons (Fsp3) is 0.0909. The monoisotopic (exact) mass is 614 g/mol. The molecule has 0 radical (unpaired) electrons. The molecule has 0 bridgehead atoms. The molecule has 4 nitrogen and oxygen atoms in total. The first-order chi connectivity index (χ1) is 23.7. The summed E-state index contributed by atoms with van der Waals surface area (Å²) in [7, 11) is 0. The molecule has 226 valence electrons. The van der Waals surface area contributed by atoms with Gasteiger partial charge < -0.3 is 9.13 Å². The van der Waals surface area contributed by atoms with Crippen LogP contribution in [-0.2, 0) is 12.8 Å². The Balaban J connectivity index is 1.15. The summed E-state index contributed by atoms with van der Waals surface area (Å²) in [5, 5.41) is 22.3. The fourth-order valence-electron chi connectivity index (χ4n) is 7.81. The van der Waals surface area contributed by atoms with E-state index in [2.05, 4.69) is 131 Å².